The molecule has 2 aliphatic rings. The SMILES string of the molecule is Ic1ccc(CCC2CCC3(CC2)OCCO3)cc1. The van der Waals surface area contributed by atoms with Crippen LogP contribution < -0.4 is 0 Å². The molecule has 2 fully saturated rings. The van der Waals surface area contributed by atoms with Crippen LogP contribution in [0.2, 0.25) is 0 Å². The van der Waals surface area contributed by atoms with E-state index in [-0.39, 0.29) is 5.79 Å². The Morgan fingerprint density at radius 2 is 1.68 bits per heavy atom. The average molecular weight is 372 g/mol. The van der Waals surface area contributed by atoms with Gasteiger partial charge in [-0.15, -0.1) is 0 Å². The first kappa shape index (κ1) is 13.8. The molecular weight excluding hydrogens is 351 g/mol. The van der Waals surface area contributed by atoms with E-state index in [1.54, 1.807) is 0 Å². The van der Waals surface area contributed by atoms with Gasteiger partial charge in [-0.25, -0.2) is 0 Å². The highest BCUT2D eigenvalue weighted by atomic mass is 127. The summed E-state index contributed by atoms with van der Waals surface area (Å²) in [5, 5.41) is 0. The zero-order valence-corrected chi connectivity index (χ0v) is 13.4. The van der Waals surface area contributed by atoms with Crippen molar-refractivity contribution in [3.63, 3.8) is 0 Å². The van der Waals surface area contributed by atoms with Crippen LogP contribution in [0.4, 0.5) is 0 Å². The topological polar surface area (TPSA) is 18.5 Å². The van der Waals surface area contributed by atoms with Crippen molar-refractivity contribution < 1.29 is 9.47 Å². The summed E-state index contributed by atoms with van der Waals surface area (Å²) < 4.78 is 12.9. The van der Waals surface area contributed by atoms with Crippen LogP contribution in [-0.4, -0.2) is 19.0 Å². The summed E-state index contributed by atoms with van der Waals surface area (Å²) in [6.07, 6.45) is 7.19. The Morgan fingerprint density at radius 1 is 1.05 bits per heavy atom. The molecule has 2 nitrogen and oxygen atoms in total. The van der Waals surface area contributed by atoms with Crippen LogP contribution in [0.25, 0.3) is 0 Å². The molecule has 1 saturated carbocycles. The molecule has 1 spiro atoms. The fourth-order valence-electron chi connectivity index (χ4n) is 3.21. The maximum Gasteiger partial charge on any atom is 0.168 e. The molecule has 0 bridgehead atoms. The predicted octanol–water partition coefficient (Wildman–Crippen LogP) is 4.16. The molecule has 1 aromatic rings. The van der Waals surface area contributed by atoms with Crippen molar-refractivity contribution in [2.75, 3.05) is 13.2 Å². The molecular formula is C16H21IO2. The standard InChI is InChI=1S/C16H21IO2/c17-15-5-3-13(4-6-15)1-2-14-7-9-16(10-8-14)18-11-12-19-16/h3-6,14H,1-2,7-12H2. The zero-order valence-electron chi connectivity index (χ0n) is 11.2. The normalized spacial score (nSPS) is 23.0. The molecule has 0 atom stereocenters. The Labute approximate surface area is 129 Å². The second kappa shape index (κ2) is 6.10. The molecule has 1 aliphatic heterocycles. The Hall–Kier alpha value is -0.130. The molecule has 0 amide bonds. The van der Waals surface area contributed by atoms with Gasteiger partial charge in [0.15, 0.2) is 5.79 Å². The number of rotatable bonds is 3. The number of halogens is 1. The quantitative estimate of drug-likeness (QED) is 0.742. The molecule has 19 heavy (non-hydrogen) atoms. The van der Waals surface area contributed by atoms with Gasteiger partial charge >= 0.3 is 0 Å². The van der Waals surface area contributed by atoms with Crippen molar-refractivity contribution in [1.82, 2.24) is 0 Å². The fourth-order valence-corrected chi connectivity index (χ4v) is 3.57. The number of hydrogen-bond acceptors (Lipinski definition) is 2. The maximum atomic E-state index is 5.78. The molecule has 3 heteroatoms. The summed E-state index contributed by atoms with van der Waals surface area (Å²) in [6.45, 7) is 1.57. The Kier molecular flexibility index (Phi) is 4.44. The Bertz CT molecular complexity index is 399. The number of ether oxygens (including phenoxy) is 2. The third-order valence-electron chi connectivity index (χ3n) is 4.44. The molecule has 0 radical (unpaired) electrons. The van der Waals surface area contributed by atoms with Crippen molar-refractivity contribution in [2.45, 2.75) is 44.3 Å². The molecule has 0 unspecified atom stereocenters. The van der Waals surface area contributed by atoms with E-state index in [0.29, 0.717) is 0 Å². The van der Waals surface area contributed by atoms with Crippen molar-refractivity contribution >= 4 is 22.6 Å². The van der Waals surface area contributed by atoms with Crippen LogP contribution in [-0.2, 0) is 15.9 Å². The summed E-state index contributed by atoms with van der Waals surface area (Å²) in [5.41, 5.74) is 1.47. The van der Waals surface area contributed by atoms with Gasteiger partial charge in [-0.1, -0.05) is 12.1 Å². The van der Waals surface area contributed by atoms with Crippen molar-refractivity contribution in [1.29, 1.82) is 0 Å². The van der Waals surface area contributed by atoms with E-state index < -0.39 is 0 Å². The third kappa shape index (κ3) is 3.50. The highest BCUT2D eigenvalue weighted by Crippen LogP contribution is 2.39. The minimum atomic E-state index is -0.195. The Morgan fingerprint density at radius 3 is 2.32 bits per heavy atom. The largest absolute Gasteiger partial charge is 0.348 e. The summed E-state index contributed by atoms with van der Waals surface area (Å²) in [4.78, 5) is 0. The van der Waals surface area contributed by atoms with Crippen LogP contribution in [0, 0.1) is 9.49 Å². The van der Waals surface area contributed by atoms with Crippen molar-refractivity contribution in [3.05, 3.63) is 33.4 Å². The van der Waals surface area contributed by atoms with Gasteiger partial charge in [0.25, 0.3) is 0 Å². The summed E-state index contributed by atoms with van der Waals surface area (Å²) in [6, 6.07) is 8.92. The van der Waals surface area contributed by atoms with E-state index in [2.05, 4.69) is 46.9 Å². The molecule has 1 aromatic carbocycles. The van der Waals surface area contributed by atoms with E-state index in [0.717, 1.165) is 32.0 Å². The van der Waals surface area contributed by atoms with Crippen LogP contribution in [0.1, 0.15) is 37.7 Å². The van der Waals surface area contributed by atoms with Crippen LogP contribution in [0.5, 0.6) is 0 Å². The van der Waals surface area contributed by atoms with Gasteiger partial charge in [0.05, 0.1) is 13.2 Å². The molecule has 1 aliphatic carbocycles. The number of hydrogen-bond donors (Lipinski definition) is 0. The van der Waals surface area contributed by atoms with Gasteiger partial charge in [0, 0.05) is 16.4 Å². The minimum absolute atomic E-state index is 0.195. The van der Waals surface area contributed by atoms with Gasteiger partial charge < -0.3 is 9.47 Å². The van der Waals surface area contributed by atoms with Crippen LogP contribution in [0.3, 0.4) is 0 Å². The molecule has 3 rings (SSSR count). The smallest absolute Gasteiger partial charge is 0.168 e. The third-order valence-corrected chi connectivity index (χ3v) is 5.15. The first-order chi connectivity index (χ1) is 9.26. The summed E-state index contributed by atoms with van der Waals surface area (Å²) in [5.74, 6) is 0.650. The average Bonchev–Trinajstić information content (AvgIpc) is 2.89. The van der Waals surface area contributed by atoms with Gasteiger partial charge in [0.2, 0.25) is 0 Å². The van der Waals surface area contributed by atoms with Gasteiger partial charge in [-0.05, 0) is 71.9 Å². The van der Waals surface area contributed by atoms with Crippen LogP contribution in [0.15, 0.2) is 24.3 Å². The highest BCUT2D eigenvalue weighted by molar-refractivity contribution is 14.1. The van der Waals surface area contributed by atoms with Crippen molar-refractivity contribution in [2.24, 2.45) is 5.92 Å². The van der Waals surface area contributed by atoms with E-state index in [1.165, 1.54) is 34.8 Å². The second-order valence-corrected chi connectivity index (χ2v) is 6.96. The van der Waals surface area contributed by atoms with Gasteiger partial charge in [-0.3, -0.25) is 0 Å². The molecule has 0 aromatic heterocycles. The van der Waals surface area contributed by atoms with Crippen molar-refractivity contribution in [3.8, 4) is 0 Å². The predicted molar refractivity (Wildman–Crippen MR) is 84.1 cm³/mol. The van der Waals surface area contributed by atoms with E-state index in [1.807, 2.05) is 0 Å². The van der Waals surface area contributed by atoms with E-state index >= 15 is 0 Å². The lowest BCUT2D eigenvalue weighted by Crippen LogP contribution is -2.35. The number of benzene rings is 1. The zero-order chi connectivity index (χ0) is 13.1. The van der Waals surface area contributed by atoms with E-state index in [4.69, 9.17) is 9.47 Å². The lowest BCUT2D eigenvalue weighted by Gasteiger charge is -2.35. The summed E-state index contributed by atoms with van der Waals surface area (Å²) in [7, 11) is 0. The lowest BCUT2D eigenvalue weighted by molar-refractivity contribution is -0.182. The highest BCUT2D eigenvalue weighted by Gasteiger charge is 2.39. The molecule has 0 N–H and O–H groups in total. The summed E-state index contributed by atoms with van der Waals surface area (Å²) >= 11 is 2.36. The minimum Gasteiger partial charge on any atom is -0.348 e. The fraction of sp³-hybridized carbons (Fsp3) is 0.625. The first-order valence-electron chi connectivity index (χ1n) is 7.28. The lowest BCUT2D eigenvalue weighted by atomic mass is 9.82. The first-order valence-corrected chi connectivity index (χ1v) is 8.36. The second-order valence-electron chi connectivity index (χ2n) is 5.72. The monoisotopic (exact) mass is 372 g/mol. The van der Waals surface area contributed by atoms with Crippen LogP contribution >= 0.6 is 22.6 Å². The molecule has 1 saturated heterocycles. The van der Waals surface area contributed by atoms with Gasteiger partial charge in [-0.2, -0.15) is 0 Å². The number of aryl methyl sites for hydroxylation is 1. The maximum absolute atomic E-state index is 5.78. The molecule has 1 heterocycles. The van der Waals surface area contributed by atoms with Gasteiger partial charge in [0.1, 0.15) is 0 Å². The Balaban J connectivity index is 1.46. The molecule has 104 valence electrons. The van der Waals surface area contributed by atoms with E-state index in [9.17, 15) is 0 Å².